The maximum Gasteiger partial charge on any atom is 0.228 e. The van der Waals surface area contributed by atoms with Gasteiger partial charge in [0.25, 0.3) is 0 Å². The second kappa shape index (κ2) is 15.9. The van der Waals surface area contributed by atoms with E-state index in [2.05, 4.69) is 19.1 Å². The predicted molar refractivity (Wildman–Crippen MR) is 116 cm³/mol. The Bertz CT molecular complexity index is 395. The first kappa shape index (κ1) is 22.7. The van der Waals surface area contributed by atoms with Crippen LogP contribution in [0.1, 0.15) is 96.8 Å². The van der Waals surface area contributed by atoms with Crippen molar-refractivity contribution in [2.45, 2.75) is 96.8 Å². The number of rotatable bonds is 15. The lowest BCUT2D eigenvalue weighted by Crippen LogP contribution is -2.30. The van der Waals surface area contributed by atoms with Crippen LogP contribution in [-0.4, -0.2) is 27.4 Å². The van der Waals surface area contributed by atoms with Crippen molar-refractivity contribution in [1.29, 1.82) is 0 Å². The highest BCUT2D eigenvalue weighted by Crippen LogP contribution is 2.19. The molecule has 1 saturated heterocycles. The third-order valence-electron chi connectivity index (χ3n) is 4.71. The molecule has 0 aromatic rings. The minimum Gasteiger partial charge on any atom is -0.297 e. The van der Waals surface area contributed by atoms with Crippen molar-refractivity contribution in [3.63, 3.8) is 0 Å². The minimum atomic E-state index is 0.229. The van der Waals surface area contributed by atoms with E-state index in [9.17, 15) is 4.79 Å². The normalized spacial score (nSPS) is 14.8. The fourth-order valence-electron chi connectivity index (χ4n) is 3.10. The Morgan fingerprint density at radius 2 is 1.52 bits per heavy atom. The molecule has 1 aliphatic heterocycles. The first-order valence-corrected chi connectivity index (χ1v) is 11.8. The summed E-state index contributed by atoms with van der Waals surface area (Å²) in [4.78, 5) is 13.8. The Balaban J connectivity index is 1.82. The van der Waals surface area contributed by atoms with Crippen LogP contribution in [0.15, 0.2) is 12.2 Å². The summed E-state index contributed by atoms with van der Waals surface area (Å²) in [5, 5.41) is 0. The lowest BCUT2D eigenvalue weighted by atomic mass is 10.1. The third-order valence-corrected chi connectivity index (χ3v) is 6.14. The molecular weight excluding hydrogens is 346 g/mol. The first-order valence-electron chi connectivity index (χ1n) is 10.4. The number of unbranched alkanes of at least 4 members (excludes halogenated alkanes) is 11. The van der Waals surface area contributed by atoms with E-state index in [1.807, 2.05) is 0 Å². The summed E-state index contributed by atoms with van der Waals surface area (Å²) in [6.45, 7) is 3.08. The standard InChI is InChI=1S/C21H37NOS2/c1-2-3-4-5-6-7-8-9-10-11-12-13-14-15-16-17-20(23)22-18-19-25-21(22)24/h9-10H,2-8,11-19H2,1H3. The zero-order chi connectivity index (χ0) is 18.2. The van der Waals surface area contributed by atoms with Crippen LogP contribution < -0.4 is 0 Å². The Morgan fingerprint density at radius 3 is 2.08 bits per heavy atom. The molecule has 4 heteroatoms. The average Bonchev–Trinajstić information content (AvgIpc) is 3.04. The maximum atomic E-state index is 12.0. The number of thioether (sulfide) groups is 1. The van der Waals surface area contributed by atoms with E-state index < -0.39 is 0 Å². The van der Waals surface area contributed by atoms with Crippen molar-refractivity contribution in [2.24, 2.45) is 0 Å². The van der Waals surface area contributed by atoms with E-state index in [1.54, 1.807) is 16.7 Å². The van der Waals surface area contributed by atoms with E-state index in [0.717, 1.165) is 23.0 Å². The number of allylic oxidation sites excluding steroid dienone is 2. The van der Waals surface area contributed by atoms with Crippen LogP contribution in [0.2, 0.25) is 0 Å². The molecular formula is C21H37NOS2. The highest BCUT2D eigenvalue weighted by Gasteiger charge is 2.23. The summed E-state index contributed by atoms with van der Waals surface area (Å²) >= 11 is 6.82. The highest BCUT2D eigenvalue weighted by atomic mass is 32.2. The van der Waals surface area contributed by atoms with Crippen LogP contribution in [0.25, 0.3) is 0 Å². The van der Waals surface area contributed by atoms with Crippen LogP contribution >= 0.6 is 24.0 Å². The maximum absolute atomic E-state index is 12.0. The quantitative estimate of drug-likeness (QED) is 0.174. The molecule has 0 N–H and O–H groups in total. The van der Waals surface area contributed by atoms with Gasteiger partial charge in [0.05, 0.1) is 0 Å². The largest absolute Gasteiger partial charge is 0.297 e. The van der Waals surface area contributed by atoms with Crippen LogP contribution in [0, 0.1) is 0 Å². The number of thiocarbonyl (C=S) groups is 1. The highest BCUT2D eigenvalue weighted by molar-refractivity contribution is 8.23. The summed E-state index contributed by atoms with van der Waals surface area (Å²) < 4.78 is 0.776. The predicted octanol–water partition coefficient (Wildman–Crippen LogP) is 6.88. The molecule has 0 atom stereocenters. The molecule has 1 aliphatic rings. The molecule has 1 amide bonds. The van der Waals surface area contributed by atoms with E-state index in [0.29, 0.717) is 6.42 Å². The molecule has 25 heavy (non-hydrogen) atoms. The van der Waals surface area contributed by atoms with Crippen LogP contribution in [0.5, 0.6) is 0 Å². The second-order valence-electron chi connectivity index (χ2n) is 6.99. The number of nitrogens with zero attached hydrogens (tertiary/aromatic N) is 1. The molecule has 0 bridgehead atoms. The van der Waals surface area contributed by atoms with Gasteiger partial charge >= 0.3 is 0 Å². The number of hydrogen-bond donors (Lipinski definition) is 0. The van der Waals surface area contributed by atoms with Crippen molar-refractivity contribution in [3.05, 3.63) is 12.2 Å². The van der Waals surface area contributed by atoms with Crippen molar-refractivity contribution >= 4 is 34.2 Å². The summed E-state index contributed by atoms with van der Waals surface area (Å²) in [6, 6.07) is 0. The Labute approximate surface area is 165 Å². The minimum absolute atomic E-state index is 0.229. The van der Waals surface area contributed by atoms with E-state index in [4.69, 9.17) is 12.2 Å². The molecule has 1 rings (SSSR count). The van der Waals surface area contributed by atoms with Crippen molar-refractivity contribution in [1.82, 2.24) is 4.90 Å². The zero-order valence-corrected chi connectivity index (χ0v) is 17.8. The average molecular weight is 384 g/mol. The number of amides is 1. The van der Waals surface area contributed by atoms with Gasteiger partial charge < -0.3 is 0 Å². The summed E-state index contributed by atoms with van der Waals surface area (Å²) in [5.41, 5.74) is 0. The molecule has 0 saturated carbocycles. The zero-order valence-electron chi connectivity index (χ0n) is 16.1. The summed E-state index contributed by atoms with van der Waals surface area (Å²) in [7, 11) is 0. The SMILES string of the molecule is CCCCCCCCC=CCCCCCCCC(=O)N1CCSC1=S. The Morgan fingerprint density at radius 1 is 0.960 bits per heavy atom. The molecule has 2 nitrogen and oxygen atoms in total. The van der Waals surface area contributed by atoms with Gasteiger partial charge in [0.2, 0.25) is 5.91 Å². The lowest BCUT2D eigenvalue weighted by Gasteiger charge is -2.14. The number of carbonyl (C=O) groups excluding carboxylic acids is 1. The van der Waals surface area contributed by atoms with Gasteiger partial charge in [0.1, 0.15) is 4.32 Å². The van der Waals surface area contributed by atoms with Gasteiger partial charge in [-0.1, -0.05) is 94.4 Å². The van der Waals surface area contributed by atoms with Crippen molar-refractivity contribution < 1.29 is 4.79 Å². The monoisotopic (exact) mass is 383 g/mol. The molecule has 0 radical (unpaired) electrons. The lowest BCUT2D eigenvalue weighted by molar-refractivity contribution is -0.126. The van der Waals surface area contributed by atoms with Gasteiger partial charge in [0.15, 0.2) is 0 Å². The van der Waals surface area contributed by atoms with Crippen LogP contribution in [0.3, 0.4) is 0 Å². The molecule has 0 aliphatic carbocycles. The van der Waals surface area contributed by atoms with Gasteiger partial charge in [-0.2, -0.15) is 0 Å². The second-order valence-corrected chi connectivity index (χ2v) is 8.72. The van der Waals surface area contributed by atoms with Gasteiger partial charge in [0, 0.05) is 18.7 Å². The van der Waals surface area contributed by atoms with Crippen molar-refractivity contribution in [2.75, 3.05) is 12.3 Å². The molecule has 0 aromatic heterocycles. The van der Waals surface area contributed by atoms with Crippen molar-refractivity contribution in [3.8, 4) is 0 Å². The van der Waals surface area contributed by atoms with E-state index in [1.165, 1.54) is 77.0 Å². The van der Waals surface area contributed by atoms with Gasteiger partial charge in [-0.3, -0.25) is 9.69 Å². The van der Waals surface area contributed by atoms with Crippen LogP contribution in [-0.2, 0) is 4.79 Å². The smallest absolute Gasteiger partial charge is 0.228 e. The molecule has 0 spiro atoms. The molecule has 0 aromatic carbocycles. The Kier molecular flexibility index (Phi) is 14.4. The third kappa shape index (κ3) is 11.8. The fraction of sp³-hybridized carbons (Fsp3) is 0.810. The topological polar surface area (TPSA) is 20.3 Å². The van der Waals surface area contributed by atoms with Gasteiger partial charge in [-0.15, -0.1) is 0 Å². The molecule has 144 valence electrons. The summed E-state index contributed by atoms with van der Waals surface area (Å²) in [6.07, 6.45) is 22.2. The molecule has 0 unspecified atom stereocenters. The van der Waals surface area contributed by atoms with Crippen LogP contribution in [0.4, 0.5) is 0 Å². The molecule has 1 heterocycles. The van der Waals surface area contributed by atoms with E-state index >= 15 is 0 Å². The summed E-state index contributed by atoms with van der Waals surface area (Å²) in [5.74, 6) is 1.20. The van der Waals surface area contributed by atoms with Gasteiger partial charge in [-0.05, 0) is 32.1 Å². The van der Waals surface area contributed by atoms with E-state index in [-0.39, 0.29) is 5.91 Å². The fourth-order valence-corrected chi connectivity index (χ4v) is 4.34. The van der Waals surface area contributed by atoms with Gasteiger partial charge in [-0.25, -0.2) is 0 Å². The molecule has 1 fully saturated rings. The first-order chi connectivity index (χ1) is 12.3. The number of carbonyl (C=O) groups is 1. The Hall–Kier alpha value is -0.350. The number of hydrogen-bond acceptors (Lipinski definition) is 3.